The number of rotatable bonds is 2. The van der Waals surface area contributed by atoms with Crippen LogP contribution in [0.3, 0.4) is 0 Å². The van der Waals surface area contributed by atoms with Gasteiger partial charge >= 0.3 is 0 Å². The van der Waals surface area contributed by atoms with E-state index in [0.717, 1.165) is 45.6 Å². The molecule has 0 spiro atoms. The highest BCUT2D eigenvalue weighted by Gasteiger charge is 2.24. The summed E-state index contributed by atoms with van der Waals surface area (Å²) in [4.78, 5) is 11.8. The minimum absolute atomic E-state index is 0.185. The molecule has 0 aromatic carbocycles. The van der Waals surface area contributed by atoms with Crippen LogP contribution in [0.2, 0.25) is 0 Å². The average Bonchev–Trinajstić information content (AvgIpc) is 2.72. The van der Waals surface area contributed by atoms with E-state index < -0.39 is 0 Å². The molecule has 0 aromatic rings. The van der Waals surface area contributed by atoms with Crippen LogP contribution in [-0.4, -0.2) is 38.3 Å². The van der Waals surface area contributed by atoms with E-state index in [1.54, 1.807) is 0 Å². The van der Waals surface area contributed by atoms with Crippen molar-refractivity contribution in [2.45, 2.75) is 25.3 Å². The van der Waals surface area contributed by atoms with Gasteiger partial charge in [0.15, 0.2) is 0 Å². The lowest BCUT2D eigenvalue weighted by atomic mass is 9.99. The average molecular weight is 198 g/mol. The summed E-state index contributed by atoms with van der Waals surface area (Å²) in [6.45, 7) is 3.43. The quantitative estimate of drug-likeness (QED) is 0.651. The van der Waals surface area contributed by atoms with E-state index in [1.165, 1.54) is 0 Å². The minimum Gasteiger partial charge on any atom is -0.381 e. The molecule has 0 radical (unpaired) electrons. The van der Waals surface area contributed by atoms with Gasteiger partial charge in [0.2, 0.25) is 5.91 Å². The Kier molecular flexibility index (Phi) is 3.37. The highest BCUT2D eigenvalue weighted by Crippen LogP contribution is 2.15. The zero-order chi connectivity index (χ0) is 9.80. The standard InChI is InChI=1S/C10H18N2O2/c13-10(8-2-5-14-6-3-8)12-9-1-4-11-7-9/h8-9,11H,1-7H2,(H,12,13)/t9-/m1/s1. The predicted molar refractivity (Wildman–Crippen MR) is 53.0 cm³/mol. The van der Waals surface area contributed by atoms with Gasteiger partial charge in [-0.3, -0.25) is 4.79 Å². The third-order valence-electron chi connectivity index (χ3n) is 3.00. The van der Waals surface area contributed by atoms with Gasteiger partial charge in [-0.2, -0.15) is 0 Å². The molecule has 2 aliphatic rings. The molecule has 2 heterocycles. The van der Waals surface area contributed by atoms with Crippen LogP contribution >= 0.6 is 0 Å². The molecule has 2 fully saturated rings. The first-order valence-electron chi connectivity index (χ1n) is 5.45. The van der Waals surface area contributed by atoms with Gasteiger partial charge in [-0.05, 0) is 25.8 Å². The van der Waals surface area contributed by atoms with Gasteiger partial charge in [0, 0.05) is 31.7 Å². The third kappa shape index (κ3) is 2.45. The van der Waals surface area contributed by atoms with Crippen molar-refractivity contribution in [3.8, 4) is 0 Å². The van der Waals surface area contributed by atoms with Gasteiger partial charge in [0.05, 0.1) is 0 Å². The van der Waals surface area contributed by atoms with Gasteiger partial charge in [-0.25, -0.2) is 0 Å². The Balaban J connectivity index is 1.75. The summed E-state index contributed by atoms with van der Waals surface area (Å²) in [6, 6.07) is 0.352. The van der Waals surface area contributed by atoms with Crippen LogP contribution in [0.5, 0.6) is 0 Å². The van der Waals surface area contributed by atoms with Crippen LogP contribution in [0.4, 0.5) is 0 Å². The van der Waals surface area contributed by atoms with Gasteiger partial charge in [0.25, 0.3) is 0 Å². The molecule has 0 aromatic heterocycles. The molecule has 80 valence electrons. The molecule has 1 atom stereocenters. The van der Waals surface area contributed by atoms with Crippen molar-refractivity contribution in [2.75, 3.05) is 26.3 Å². The van der Waals surface area contributed by atoms with Gasteiger partial charge < -0.3 is 15.4 Å². The maximum atomic E-state index is 11.8. The lowest BCUT2D eigenvalue weighted by molar-refractivity contribution is -0.128. The molecule has 0 aliphatic carbocycles. The van der Waals surface area contributed by atoms with Crippen LogP contribution in [0, 0.1) is 5.92 Å². The molecule has 4 nitrogen and oxygen atoms in total. The number of ether oxygens (including phenoxy) is 1. The van der Waals surface area contributed by atoms with Crippen LogP contribution in [-0.2, 0) is 9.53 Å². The Morgan fingerprint density at radius 3 is 2.71 bits per heavy atom. The summed E-state index contributed by atoms with van der Waals surface area (Å²) in [5, 5.41) is 6.33. The van der Waals surface area contributed by atoms with Crippen molar-refractivity contribution >= 4 is 5.91 Å². The topological polar surface area (TPSA) is 50.4 Å². The van der Waals surface area contributed by atoms with E-state index in [1.807, 2.05) is 0 Å². The highest BCUT2D eigenvalue weighted by molar-refractivity contribution is 5.79. The molecule has 2 N–H and O–H groups in total. The molecule has 0 saturated carbocycles. The van der Waals surface area contributed by atoms with Gasteiger partial charge in [-0.1, -0.05) is 0 Å². The fourth-order valence-corrected chi connectivity index (χ4v) is 2.06. The Morgan fingerprint density at radius 2 is 2.07 bits per heavy atom. The van der Waals surface area contributed by atoms with Crippen molar-refractivity contribution in [2.24, 2.45) is 5.92 Å². The first-order chi connectivity index (χ1) is 6.86. The second-order valence-electron chi connectivity index (χ2n) is 4.08. The Bertz CT molecular complexity index is 196. The fraction of sp³-hybridized carbons (Fsp3) is 0.900. The Morgan fingerprint density at radius 1 is 1.29 bits per heavy atom. The van der Waals surface area contributed by atoms with Crippen LogP contribution < -0.4 is 10.6 Å². The van der Waals surface area contributed by atoms with E-state index in [9.17, 15) is 4.79 Å². The number of hydrogen-bond donors (Lipinski definition) is 2. The van der Waals surface area contributed by atoms with E-state index in [2.05, 4.69) is 10.6 Å². The lowest BCUT2D eigenvalue weighted by Crippen LogP contribution is -2.41. The van der Waals surface area contributed by atoms with E-state index in [0.29, 0.717) is 6.04 Å². The lowest BCUT2D eigenvalue weighted by Gasteiger charge is -2.22. The number of carbonyl (C=O) groups excluding carboxylic acids is 1. The van der Waals surface area contributed by atoms with E-state index in [-0.39, 0.29) is 11.8 Å². The van der Waals surface area contributed by atoms with Gasteiger partial charge in [-0.15, -0.1) is 0 Å². The Labute approximate surface area is 84.4 Å². The predicted octanol–water partition coefficient (Wildman–Crippen LogP) is -0.109. The molecule has 2 saturated heterocycles. The zero-order valence-electron chi connectivity index (χ0n) is 8.42. The zero-order valence-corrected chi connectivity index (χ0v) is 8.42. The Hall–Kier alpha value is -0.610. The second kappa shape index (κ2) is 4.75. The summed E-state index contributed by atoms with van der Waals surface area (Å²) in [5.41, 5.74) is 0. The summed E-state index contributed by atoms with van der Waals surface area (Å²) in [7, 11) is 0. The summed E-state index contributed by atoms with van der Waals surface area (Å²) < 4.78 is 5.23. The molecule has 1 amide bonds. The first-order valence-corrected chi connectivity index (χ1v) is 5.45. The second-order valence-corrected chi connectivity index (χ2v) is 4.08. The maximum Gasteiger partial charge on any atom is 0.223 e. The molecule has 2 aliphatic heterocycles. The number of hydrogen-bond acceptors (Lipinski definition) is 3. The monoisotopic (exact) mass is 198 g/mol. The third-order valence-corrected chi connectivity index (χ3v) is 3.00. The fourth-order valence-electron chi connectivity index (χ4n) is 2.06. The van der Waals surface area contributed by atoms with Crippen molar-refractivity contribution in [1.82, 2.24) is 10.6 Å². The molecule has 14 heavy (non-hydrogen) atoms. The van der Waals surface area contributed by atoms with Crippen molar-refractivity contribution in [3.63, 3.8) is 0 Å². The molecular weight excluding hydrogens is 180 g/mol. The summed E-state index contributed by atoms with van der Waals surface area (Å²) in [6.07, 6.45) is 2.83. The first kappa shape index (κ1) is 9.93. The van der Waals surface area contributed by atoms with E-state index in [4.69, 9.17) is 4.74 Å². The van der Waals surface area contributed by atoms with Crippen LogP contribution in [0.25, 0.3) is 0 Å². The summed E-state index contributed by atoms with van der Waals surface area (Å²) in [5.74, 6) is 0.409. The largest absolute Gasteiger partial charge is 0.381 e. The number of amides is 1. The maximum absolute atomic E-state index is 11.8. The molecule has 2 rings (SSSR count). The molecular formula is C10H18N2O2. The highest BCUT2D eigenvalue weighted by atomic mass is 16.5. The SMILES string of the molecule is O=C(N[C@@H]1CCNC1)C1CCOCC1. The number of carbonyl (C=O) groups is 1. The van der Waals surface area contributed by atoms with Gasteiger partial charge in [0.1, 0.15) is 0 Å². The summed E-state index contributed by atoms with van der Waals surface area (Å²) >= 11 is 0. The number of nitrogens with one attached hydrogen (secondary N) is 2. The van der Waals surface area contributed by atoms with E-state index >= 15 is 0 Å². The van der Waals surface area contributed by atoms with Crippen LogP contribution in [0.15, 0.2) is 0 Å². The minimum atomic E-state index is 0.185. The van der Waals surface area contributed by atoms with Crippen molar-refractivity contribution in [3.05, 3.63) is 0 Å². The van der Waals surface area contributed by atoms with Crippen LogP contribution in [0.1, 0.15) is 19.3 Å². The molecule has 0 bridgehead atoms. The van der Waals surface area contributed by atoms with Crippen molar-refractivity contribution < 1.29 is 9.53 Å². The molecule has 0 unspecified atom stereocenters. The smallest absolute Gasteiger partial charge is 0.223 e. The molecule has 4 heteroatoms. The van der Waals surface area contributed by atoms with Crippen molar-refractivity contribution in [1.29, 1.82) is 0 Å². The normalized spacial score (nSPS) is 29.0.